The fourth-order valence-electron chi connectivity index (χ4n) is 4.95. The van der Waals surface area contributed by atoms with Crippen LogP contribution in [0.1, 0.15) is 72.6 Å². The third-order valence-corrected chi connectivity index (χ3v) is 6.78. The molecule has 1 unspecified atom stereocenters. The summed E-state index contributed by atoms with van der Waals surface area (Å²) < 4.78 is 10.6. The second kappa shape index (κ2) is 11.3. The molecule has 1 saturated carbocycles. The predicted molar refractivity (Wildman–Crippen MR) is 128 cm³/mol. The Morgan fingerprint density at radius 1 is 1.26 bits per heavy atom. The zero-order valence-electron chi connectivity index (χ0n) is 21.3. The number of aliphatic hydroxyl groups excluding tert-OH is 2. The summed E-state index contributed by atoms with van der Waals surface area (Å²) in [6.07, 6.45) is 5.77. The number of hydrogen-bond acceptors (Lipinski definition) is 8. The fourth-order valence-corrected chi connectivity index (χ4v) is 4.95. The van der Waals surface area contributed by atoms with E-state index in [1.165, 1.54) is 4.90 Å². The lowest BCUT2D eigenvalue weighted by Crippen LogP contribution is -2.58. The smallest absolute Gasteiger partial charge is 0.408 e. The zero-order valence-corrected chi connectivity index (χ0v) is 21.3. The lowest BCUT2D eigenvalue weighted by atomic mass is 10.0. The van der Waals surface area contributed by atoms with Crippen molar-refractivity contribution in [2.24, 2.45) is 5.92 Å². The molecule has 0 aromatic rings. The molecule has 2 fully saturated rings. The molecule has 0 radical (unpaired) electrons. The highest BCUT2D eigenvalue weighted by Gasteiger charge is 2.62. The molecule has 3 rings (SSSR count). The van der Waals surface area contributed by atoms with Crippen molar-refractivity contribution in [2.75, 3.05) is 13.2 Å². The van der Waals surface area contributed by atoms with Gasteiger partial charge in [-0.05, 0) is 59.8 Å². The highest BCUT2D eigenvalue weighted by Crippen LogP contribution is 2.46. The summed E-state index contributed by atoms with van der Waals surface area (Å²) in [7, 11) is 0. The van der Waals surface area contributed by atoms with Gasteiger partial charge < -0.3 is 30.3 Å². The SMILES string of the molecule is CCOC(=O)[C@@]12C[C@H]1/C=C\CCCCC[C@H](NC(=O)OC(C)(C)C)C(O)N1C[C@H](O)C[C@H]1C(=O)N2. The number of ether oxygens (including phenoxy) is 2. The number of alkyl carbamates (subject to hydrolysis) is 1. The van der Waals surface area contributed by atoms with Crippen LogP contribution in [-0.2, 0) is 19.1 Å². The maximum atomic E-state index is 13.4. The molecule has 0 spiro atoms. The summed E-state index contributed by atoms with van der Waals surface area (Å²) in [4.78, 5) is 40.1. The molecule has 0 aromatic carbocycles. The van der Waals surface area contributed by atoms with Gasteiger partial charge in [-0.1, -0.05) is 25.0 Å². The van der Waals surface area contributed by atoms with Crippen LogP contribution in [-0.4, -0.2) is 81.8 Å². The number of carbonyl (C=O) groups is 3. The minimum atomic E-state index is -1.22. The molecule has 2 aliphatic heterocycles. The Bertz CT molecular complexity index is 811. The van der Waals surface area contributed by atoms with Crippen molar-refractivity contribution in [2.45, 2.75) is 108 Å². The first-order valence-corrected chi connectivity index (χ1v) is 12.7. The summed E-state index contributed by atoms with van der Waals surface area (Å²) in [5, 5.41) is 27.3. The highest BCUT2D eigenvalue weighted by molar-refractivity contribution is 5.93. The van der Waals surface area contributed by atoms with E-state index < -0.39 is 53.5 Å². The average Bonchev–Trinajstić information content (AvgIpc) is 3.30. The number of allylic oxidation sites excluding steroid dienone is 1. The molecule has 2 heterocycles. The van der Waals surface area contributed by atoms with Crippen molar-refractivity contribution in [1.29, 1.82) is 0 Å². The van der Waals surface area contributed by atoms with E-state index in [4.69, 9.17) is 9.47 Å². The highest BCUT2D eigenvalue weighted by atomic mass is 16.6. The normalized spacial score (nSPS) is 35.4. The molecule has 2 amide bonds. The second-order valence-electron chi connectivity index (χ2n) is 10.8. The molecule has 0 bridgehead atoms. The van der Waals surface area contributed by atoms with Gasteiger partial charge in [0.2, 0.25) is 5.91 Å². The molecule has 6 atom stereocenters. The molecule has 10 nitrogen and oxygen atoms in total. The number of rotatable bonds is 3. The summed E-state index contributed by atoms with van der Waals surface area (Å²) in [6, 6.07) is -1.55. The molecule has 4 N–H and O–H groups in total. The van der Waals surface area contributed by atoms with E-state index in [1.807, 2.05) is 12.2 Å². The van der Waals surface area contributed by atoms with Crippen LogP contribution in [0, 0.1) is 5.92 Å². The van der Waals surface area contributed by atoms with E-state index in [0.717, 1.165) is 25.7 Å². The van der Waals surface area contributed by atoms with Crippen molar-refractivity contribution in [3.05, 3.63) is 12.2 Å². The zero-order chi connectivity index (χ0) is 25.8. The first kappa shape index (κ1) is 27.4. The maximum absolute atomic E-state index is 13.4. The molecule has 0 aromatic heterocycles. The summed E-state index contributed by atoms with van der Waals surface area (Å²) in [5.41, 5.74) is -1.82. The van der Waals surface area contributed by atoms with Gasteiger partial charge in [-0.2, -0.15) is 0 Å². The van der Waals surface area contributed by atoms with Gasteiger partial charge in [-0.15, -0.1) is 0 Å². The predicted octanol–water partition coefficient (Wildman–Crippen LogP) is 1.59. The number of carbonyl (C=O) groups excluding carboxylic acids is 3. The standard InChI is InChI=1S/C25H41N3O7/c1-5-34-22(32)25-14-16(25)11-9-7-6-8-10-12-18(26-23(33)35-24(2,3)4)21(31)28-15-17(29)13-19(28)20(30)27-25/h9,11,16-19,21,29,31H,5-8,10,12-15H2,1-4H3,(H,26,33)(H,27,30)/b11-9-/t16-,17-,18+,19+,21?,25-/m1/s1. The fraction of sp³-hybridized carbons (Fsp3) is 0.800. The first-order valence-electron chi connectivity index (χ1n) is 12.7. The lowest BCUT2D eigenvalue weighted by molar-refractivity contribution is -0.150. The van der Waals surface area contributed by atoms with Crippen molar-refractivity contribution >= 4 is 18.0 Å². The second-order valence-corrected chi connectivity index (χ2v) is 10.8. The van der Waals surface area contributed by atoms with Crippen molar-refractivity contribution in [3.8, 4) is 0 Å². The quantitative estimate of drug-likeness (QED) is 0.342. The lowest BCUT2D eigenvalue weighted by Gasteiger charge is -2.35. The molecule has 35 heavy (non-hydrogen) atoms. The summed E-state index contributed by atoms with van der Waals surface area (Å²) in [5.74, 6) is -1.07. The van der Waals surface area contributed by atoms with Gasteiger partial charge in [-0.25, -0.2) is 9.59 Å². The number of hydrogen-bond donors (Lipinski definition) is 4. The van der Waals surface area contributed by atoms with Crippen LogP contribution in [0.4, 0.5) is 4.79 Å². The van der Waals surface area contributed by atoms with Gasteiger partial charge in [0, 0.05) is 12.5 Å². The summed E-state index contributed by atoms with van der Waals surface area (Å²) in [6.45, 7) is 7.27. The molecule has 3 aliphatic rings. The Hall–Kier alpha value is -2.17. The third kappa shape index (κ3) is 6.95. The minimum Gasteiger partial charge on any atom is -0.464 e. The number of amides is 2. The third-order valence-electron chi connectivity index (χ3n) is 6.78. The van der Waals surface area contributed by atoms with Gasteiger partial charge in [0.1, 0.15) is 17.4 Å². The van der Waals surface area contributed by atoms with Crippen molar-refractivity contribution < 1.29 is 34.1 Å². The number of nitrogens with one attached hydrogen (secondary N) is 2. The topological polar surface area (TPSA) is 137 Å². The van der Waals surface area contributed by atoms with Crippen molar-refractivity contribution in [1.82, 2.24) is 15.5 Å². The van der Waals surface area contributed by atoms with Crippen LogP contribution < -0.4 is 10.6 Å². The number of esters is 1. The van der Waals surface area contributed by atoms with Gasteiger partial charge >= 0.3 is 12.1 Å². The Morgan fingerprint density at radius 2 is 2.00 bits per heavy atom. The van der Waals surface area contributed by atoms with Crippen LogP contribution in [0.5, 0.6) is 0 Å². The number of aliphatic hydroxyl groups is 2. The van der Waals surface area contributed by atoms with Crippen molar-refractivity contribution in [3.63, 3.8) is 0 Å². The summed E-state index contributed by atoms with van der Waals surface area (Å²) >= 11 is 0. The van der Waals surface area contributed by atoms with Gasteiger partial charge in [0.25, 0.3) is 0 Å². The van der Waals surface area contributed by atoms with Crippen LogP contribution in [0.15, 0.2) is 12.2 Å². The van der Waals surface area contributed by atoms with E-state index in [1.54, 1.807) is 27.7 Å². The monoisotopic (exact) mass is 495 g/mol. The Labute approximate surface area is 207 Å². The van der Waals surface area contributed by atoms with Crippen LogP contribution in [0.2, 0.25) is 0 Å². The largest absolute Gasteiger partial charge is 0.464 e. The minimum absolute atomic E-state index is 0.0709. The molecule has 10 heteroatoms. The van der Waals surface area contributed by atoms with Gasteiger partial charge in [0.05, 0.1) is 24.8 Å². The van der Waals surface area contributed by atoms with E-state index in [9.17, 15) is 24.6 Å². The molecular weight excluding hydrogens is 454 g/mol. The average molecular weight is 496 g/mol. The molecule has 198 valence electrons. The number of fused-ring (bicyclic) bond motifs is 2. The van der Waals surface area contributed by atoms with Crippen LogP contribution in [0.25, 0.3) is 0 Å². The van der Waals surface area contributed by atoms with E-state index in [-0.39, 0.29) is 25.5 Å². The van der Waals surface area contributed by atoms with Crippen LogP contribution >= 0.6 is 0 Å². The van der Waals surface area contributed by atoms with E-state index >= 15 is 0 Å². The van der Waals surface area contributed by atoms with Gasteiger partial charge in [-0.3, -0.25) is 9.69 Å². The Kier molecular flexibility index (Phi) is 8.82. The van der Waals surface area contributed by atoms with E-state index in [2.05, 4.69) is 10.6 Å². The Balaban J connectivity index is 1.83. The number of nitrogens with zero attached hydrogens (tertiary/aromatic N) is 1. The first-order chi connectivity index (χ1) is 16.5. The molecule has 1 saturated heterocycles. The van der Waals surface area contributed by atoms with E-state index in [0.29, 0.717) is 12.8 Å². The van der Waals surface area contributed by atoms with Crippen LogP contribution in [0.3, 0.4) is 0 Å². The molecular formula is C25H41N3O7. The Morgan fingerprint density at radius 3 is 2.69 bits per heavy atom. The van der Waals surface area contributed by atoms with Gasteiger partial charge in [0.15, 0.2) is 0 Å². The molecule has 1 aliphatic carbocycles. The maximum Gasteiger partial charge on any atom is 0.408 e.